The van der Waals surface area contributed by atoms with E-state index in [4.69, 9.17) is 0 Å². The lowest BCUT2D eigenvalue weighted by Gasteiger charge is -2.29. The number of nitrogens with zero attached hydrogens (tertiary/aromatic N) is 2. The van der Waals surface area contributed by atoms with Crippen molar-refractivity contribution in [3.05, 3.63) is 53.7 Å². The molecule has 27 heavy (non-hydrogen) atoms. The molecule has 1 aliphatic rings. The highest BCUT2D eigenvalue weighted by Crippen LogP contribution is 2.26. The van der Waals surface area contributed by atoms with Gasteiger partial charge in [0.15, 0.2) is 17.3 Å². The first-order valence-electron chi connectivity index (χ1n) is 8.94. The molecule has 1 saturated heterocycles. The van der Waals surface area contributed by atoms with Crippen LogP contribution in [0.3, 0.4) is 0 Å². The van der Waals surface area contributed by atoms with E-state index in [1.54, 1.807) is 18.2 Å². The van der Waals surface area contributed by atoms with Crippen LogP contribution in [-0.2, 0) is 0 Å². The van der Waals surface area contributed by atoms with Crippen molar-refractivity contribution in [2.24, 2.45) is 0 Å². The van der Waals surface area contributed by atoms with Crippen molar-refractivity contribution in [2.75, 3.05) is 20.1 Å². The van der Waals surface area contributed by atoms with Crippen molar-refractivity contribution < 1.29 is 13.6 Å². The summed E-state index contributed by atoms with van der Waals surface area (Å²) in [6.07, 6.45) is 1.81. The second-order valence-electron chi connectivity index (χ2n) is 7.01. The highest BCUT2D eigenvalue weighted by Gasteiger charge is 2.22. The SMILES string of the molecule is CN1CCC(NC(=O)c2n[nH]c3ccc(-c4ccc(F)c(F)c4)cc23)CC1. The number of nitrogens with one attached hydrogen (secondary N) is 2. The molecule has 7 heteroatoms. The zero-order valence-corrected chi connectivity index (χ0v) is 14.9. The Labute approximate surface area is 155 Å². The molecule has 0 bridgehead atoms. The van der Waals surface area contributed by atoms with Gasteiger partial charge in [-0.15, -0.1) is 0 Å². The summed E-state index contributed by atoms with van der Waals surface area (Å²) in [7, 11) is 2.07. The lowest BCUT2D eigenvalue weighted by Crippen LogP contribution is -2.43. The third-order valence-electron chi connectivity index (χ3n) is 5.08. The van der Waals surface area contributed by atoms with Crippen LogP contribution in [0.15, 0.2) is 36.4 Å². The molecule has 2 N–H and O–H groups in total. The van der Waals surface area contributed by atoms with Crippen molar-refractivity contribution in [3.63, 3.8) is 0 Å². The highest BCUT2D eigenvalue weighted by atomic mass is 19.2. The molecule has 5 nitrogen and oxygen atoms in total. The number of hydrogen-bond donors (Lipinski definition) is 2. The number of carbonyl (C=O) groups excluding carboxylic acids is 1. The van der Waals surface area contributed by atoms with Crippen LogP contribution in [0.5, 0.6) is 0 Å². The van der Waals surface area contributed by atoms with Crippen molar-refractivity contribution in [2.45, 2.75) is 18.9 Å². The van der Waals surface area contributed by atoms with Crippen LogP contribution in [0.4, 0.5) is 8.78 Å². The van der Waals surface area contributed by atoms with Gasteiger partial charge in [0.25, 0.3) is 5.91 Å². The Morgan fingerprint density at radius 3 is 2.56 bits per heavy atom. The van der Waals surface area contributed by atoms with Crippen LogP contribution in [0.1, 0.15) is 23.3 Å². The smallest absolute Gasteiger partial charge is 0.272 e. The second-order valence-corrected chi connectivity index (χ2v) is 7.01. The summed E-state index contributed by atoms with van der Waals surface area (Å²) in [5, 5.41) is 10.7. The quantitative estimate of drug-likeness (QED) is 0.743. The fourth-order valence-electron chi connectivity index (χ4n) is 3.45. The molecule has 4 rings (SSSR count). The van der Waals surface area contributed by atoms with Gasteiger partial charge in [-0.1, -0.05) is 12.1 Å². The summed E-state index contributed by atoms with van der Waals surface area (Å²) >= 11 is 0. The first kappa shape index (κ1) is 17.6. The molecule has 1 amide bonds. The Morgan fingerprint density at radius 1 is 1.11 bits per heavy atom. The van der Waals surface area contributed by atoms with E-state index in [-0.39, 0.29) is 11.9 Å². The van der Waals surface area contributed by atoms with Crippen molar-refractivity contribution in [1.82, 2.24) is 20.4 Å². The minimum atomic E-state index is -0.903. The lowest BCUT2D eigenvalue weighted by molar-refractivity contribution is 0.0913. The zero-order valence-electron chi connectivity index (χ0n) is 14.9. The molecule has 2 aromatic carbocycles. The number of hydrogen-bond acceptors (Lipinski definition) is 3. The first-order chi connectivity index (χ1) is 13.0. The number of halogens is 2. The Morgan fingerprint density at radius 2 is 1.81 bits per heavy atom. The van der Waals surface area contributed by atoms with Gasteiger partial charge < -0.3 is 10.2 Å². The maximum Gasteiger partial charge on any atom is 0.272 e. The fourth-order valence-corrected chi connectivity index (χ4v) is 3.45. The molecule has 0 radical (unpaired) electrons. The molecule has 140 valence electrons. The van der Waals surface area contributed by atoms with Gasteiger partial charge in [0, 0.05) is 11.4 Å². The standard InChI is InChI=1S/C20H20F2N4O/c1-26-8-6-14(7-9-26)23-20(27)19-15-10-12(3-5-18(15)24-25-19)13-2-4-16(21)17(22)11-13/h2-5,10-11,14H,6-9H2,1H3,(H,23,27)(H,24,25). The largest absolute Gasteiger partial charge is 0.348 e. The average molecular weight is 370 g/mol. The molecule has 1 fully saturated rings. The third-order valence-corrected chi connectivity index (χ3v) is 5.08. The van der Waals surface area contributed by atoms with Crippen LogP contribution < -0.4 is 5.32 Å². The predicted octanol–water partition coefficient (Wildman–Crippen LogP) is 3.33. The van der Waals surface area contributed by atoms with Crippen molar-refractivity contribution in [3.8, 4) is 11.1 Å². The Hall–Kier alpha value is -2.80. The number of fused-ring (bicyclic) bond motifs is 1. The zero-order chi connectivity index (χ0) is 19.0. The summed E-state index contributed by atoms with van der Waals surface area (Å²) in [4.78, 5) is 14.9. The summed E-state index contributed by atoms with van der Waals surface area (Å²) in [5.74, 6) is -2.01. The van der Waals surface area contributed by atoms with E-state index < -0.39 is 11.6 Å². The van der Waals surface area contributed by atoms with E-state index in [1.165, 1.54) is 6.07 Å². The first-order valence-corrected chi connectivity index (χ1v) is 8.94. The van der Waals surface area contributed by atoms with Crippen LogP contribution >= 0.6 is 0 Å². The minimum absolute atomic E-state index is 0.134. The molecule has 3 aromatic rings. The molecule has 0 aliphatic carbocycles. The number of amides is 1. The molecule has 1 aromatic heterocycles. The monoisotopic (exact) mass is 370 g/mol. The molecular weight excluding hydrogens is 350 g/mol. The molecule has 0 spiro atoms. The van der Waals surface area contributed by atoms with Gasteiger partial charge in [-0.25, -0.2) is 8.78 Å². The van der Waals surface area contributed by atoms with Crippen molar-refractivity contribution in [1.29, 1.82) is 0 Å². The average Bonchev–Trinajstić information content (AvgIpc) is 3.09. The number of likely N-dealkylation sites (tertiary alicyclic amines) is 1. The van der Waals surface area contributed by atoms with Crippen LogP contribution in [0, 0.1) is 11.6 Å². The van der Waals surface area contributed by atoms with E-state index >= 15 is 0 Å². The third kappa shape index (κ3) is 3.55. The van der Waals surface area contributed by atoms with Gasteiger partial charge in [0.1, 0.15) is 0 Å². The topological polar surface area (TPSA) is 61.0 Å². The number of carbonyl (C=O) groups is 1. The van der Waals surface area contributed by atoms with E-state index in [9.17, 15) is 13.6 Å². The van der Waals surface area contributed by atoms with E-state index in [0.29, 0.717) is 22.2 Å². The van der Waals surface area contributed by atoms with E-state index in [1.807, 2.05) is 0 Å². The van der Waals surface area contributed by atoms with Crippen LogP contribution in [0.2, 0.25) is 0 Å². The Kier molecular flexibility index (Phi) is 4.61. The van der Waals surface area contributed by atoms with Gasteiger partial charge in [0.2, 0.25) is 0 Å². The van der Waals surface area contributed by atoms with Gasteiger partial charge in [-0.2, -0.15) is 5.10 Å². The van der Waals surface area contributed by atoms with Crippen molar-refractivity contribution >= 4 is 16.8 Å². The summed E-state index contributed by atoms with van der Waals surface area (Å²) in [6.45, 7) is 1.90. The van der Waals surface area contributed by atoms with Crippen LogP contribution in [-0.4, -0.2) is 47.2 Å². The molecule has 1 aliphatic heterocycles. The fraction of sp³-hybridized carbons (Fsp3) is 0.300. The number of piperidine rings is 1. The minimum Gasteiger partial charge on any atom is -0.348 e. The summed E-state index contributed by atoms with van der Waals surface area (Å²) in [6, 6.07) is 9.23. The van der Waals surface area contributed by atoms with Gasteiger partial charge >= 0.3 is 0 Å². The summed E-state index contributed by atoms with van der Waals surface area (Å²) in [5.41, 5.74) is 2.26. The van der Waals surface area contributed by atoms with E-state index in [2.05, 4.69) is 27.5 Å². The van der Waals surface area contributed by atoms with E-state index in [0.717, 1.165) is 43.6 Å². The number of rotatable bonds is 3. The normalized spacial score (nSPS) is 16.0. The number of aromatic amines is 1. The molecule has 0 atom stereocenters. The Bertz CT molecular complexity index is 993. The molecule has 0 saturated carbocycles. The number of aromatic nitrogens is 2. The molecular formula is C20H20F2N4O. The second kappa shape index (κ2) is 7.08. The maximum atomic E-state index is 13.6. The predicted molar refractivity (Wildman–Crippen MR) is 99.4 cm³/mol. The van der Waals surface area contributed by atoms with Crippen LogP contribution in [0.25, 0.3) is 22.0 Å². The number of benzene rings is 2. The number of H-pyrrole nitrogens is 1. The highest BCUT2D eigenvalue weighted by molar-refractivity contribution is 6.05. The van der Waals surface area contributed by atoms with Gasteiger partial charge in [0.05, 0.1) is 5.52 Å². The van der Waals surface area contributed by atoms with Gasteiger partial charge in [-0.05, 0) is 68.4 Å². The lowest BCUT2D eigenvalue weighted by atomic mass is 10.0. The maximum absolute atomic E-state index is 13.6. The summed E-state index contributed by atoms with van der Waals surface area (Å²) < 4.78 is 26.7. The molecule has 0 unspecified atom stereocenters. The molecule has 2 heterocycles. The Balaban J connectivity index is 1.62. The van der Waals surface area contributed by atoms with Gasteiger partial charge in [-0.3, -0.25) is 9.89 Å².